The van der Waals surface area contributed by atoms with Crippen molar-refractivity contribution in [3.05, 3.63) is 66.0 Å². The lowest BCUT2D eigenvalue weighted by Gasteiger charge is -2.34. The van der Waals surface area contributed by atoms with Gasteiger partial charge in [0.15, 0.2) is 0 Å². The molecule has 1 atom stereocenters. The van der Waals surface area contributed by atoms with E-state index in [-0.39, 0.29) is 24.1 Å². The Morgan fingerprint density at radius 3 is 2.17 bits per heavy atom. The third kappa shape index (κ3) is 7.76. The number of halogens is 1. The van der Waals surface area contributed by atoms with Gasteiger partial charge >= 0.3 is 10.2 Å². The third-order valence-electron chi connectivity index (χ3n) is 5.69. The summed E-state index contributed by atoms with van der Waals surface area (Å²) in [6, 6.07) is 14.1. The van der Waals surface area contributed by atoms with Gasteiger partial charge in [-0.25, -0.2) is 8.70 Å². The Bertz CT molecular complexity index is 1110. The molecule has 0 unspecified atom stereocenters. The van der Waals surface area contributed by atoms with Crippen molar-refractivity contribution >= 4 is 27.7 Å². The third-order valence-corrected chi connectivity index (χ3v) is 7.50. The summed E-state index contributed by atoms with van der Waals surface area (Å²) in [5.41, 5.74) is 0.736. The number of anilines is 1. The van der Waals surface area contributed by atoms with Gasteiger partial charge in [0.1, 0.15) is 18.4 Å². The van der Waals surface area contributed by atoms with Gasteiger partial charge in [-0.05, 0) is 36.5 Å². The van der Waals surface area contributed by atoms with Gasteiger partial charge in [0.2, 0.25) is 11.8 Å². The lowest BCUT2D eigenvalue weighted by molar-refractivity contribution is -0.139. The van der Waals surface area contributed by atoms with Gasteiger partial charge in [-0.3, -0.25) is 9.59 Å². The van der Waals surface area contributed by atoms with E-state index >= 15 is 0 Å². The minimum atomic E-state index is -4.21. The number of nitrogens with one attached hydrogen (secondary N) is 1. The Balaban J connectivity index is 2.42. The molecule has 8 nitrogen and oxygen atoms in total. The molecule has 198 valence electrons. The molecule has 2 amide bonds. The van der Waals surface area contributed by atoms with Crippen LogP contribution >= 0.6 is 0 Å². The van der Waals surface area contributed by atoms with Gasteiger partial charge in [-0.2, -0.15) is 12.7 Å². The number of amides is 2. The summed E-state index contributed by atoms with van der Waals surface area (Å²) in [5, 5.41) is 2.88. The van der Waals surface area contributed by atoms with Crippen LogP contribution in [-0.2, 0) is 26.2 Å². The normalized spacial score (nSPS) is 12.4. The predicted octanol–water partition coefficient (Wildman–Crippen LogP) is 3.06. The average Bonchev–Trinajstić information content (AvgIpc) is 2.84. The quantitative estimate of drug-likeness (QED) is 0.440. The maximum Gasteiger partial charge on any atom is 0.304 e. The zero-order valence-electron chi connectivity index (χ0n) is 21.6. The maximum absolute atomic E-state index is 14.7. The highest BCUT2D eigenvalue weighted by Gasteiger charge is 2.34. The summed E-state index contributed by atoms with van der Waals surface area (Å²) in [6.07, 6.45) is 0.811. The van der Waals surface area contributed by atoms with E-state index in [0.29, 0.717) is 19.4 Å². The summed E-state index contributed by atoms with van der Waals surface area (Å²) in [5.74, 6) is -1.44. The molecule has 0 heterocycles. The van der Waals surface area contributed by atoms with Crippen molar-refractivity contribution < 1.29 is 22.4 Å². The number of benzene rings is 2. The van der Waals surface area contributed by atoms with Crippen LogP contribution in [0.3, 0.4) is 0 Å². The number of rotatable bonds is 13. The number of hydrogen-bond acceptors (Lipinski definition) is 4. The highest BCUT2D eigenvalue weighted by molar-refractivity contribution is 7.90. The Morgan fingerprint density at radius 2 is 1.61 bits per heavy atom. The Labute approximate surface area is 214 Å². The van der Waals surface area contributed by atoms with Crippen LogP contribution < -0.4 is 9.62 Å². The van der Waals surface area contributed by atoms with Crippen molar-refractivity contribution in [2.24, 2.45) is 5.92 Å². The van der Waals surface area contributed by atoms with Gasteiger partial charge in [-0.15, -0.1) is 0 Å². The molecule has 2 aromatic carbocycles. The largest absolute Gasteiger partial charge is 0.354 e. The van der Waals surface area contributed by atoms with Crippen LogP contribution in [0.1, 0.15) is 32.8 Å². The zero-order chi connectivity index (χ0) is 26.9. The average molecular weight is 521 g/mol. The molecule has 0 spiro atoms. The van der Waals surface area contributed by atoms with E-state index in [1.165, 1.54) is 37.2 Å². The molecular formula is C26H37FN4O4S. The molecule has 10 heteroatoms. The smallest absolute Gasteiger partial charge is 0.304 e. The van der Waals surface area contributed by atoms with Crippen molar-refractivity contribution in [3.63, 3.8) is 0 Å². The fraction of sp³-hybridized carbons (Fsp3) is 0.462. The first kappa shape index (κ1) is 29.3. The summed E-state index contributed by atoms with van der Waals surface area (Å²) in [4.78, 5) is 28.1. The molecule has 0 saturated carbocycles. The molecule has 36 heavy (non-hydrogen) atoms. The summed E-state index contributed by atoms with van der Waals surface area (Å²) in [6.45, 7) is 5.74. The van der Waals surface area contributed by atoms with Crippen LogP contribution in [0.2, 0.25) is 0 Å². The van der Waals surface area contributed by atoms with E-state index < -0.39 is 34.5 Å². The van der Waals surface area contributed by atoms with E-state index in [2.05, 4.69) is 5.32 Å². The maximum atomic E-state index is 14.7. The lowest BCUT2D eigenvalue weighted by atomic mass is 10.1. The fourth-order valence-corrected chi connectivity index (χ4v) is 4.74. The number of para-hydroxylation sites is 1. The predicted molar refractivity (Wildman–Crippen MR) is 140 cm³/mol. The Hall–Kier alpha value is -2.98. The molecule has 0 fully saturated rings. The SMILES string of the molecule is CC[C@H](C(=O)NCC(C)C)N(CCc1ccccc1)C(=O)CN(c1ccccc1F)S(=O)(=O)N(C)C. The molecule has 0 aliphatic rings. The minimum Gasteiger partial charge on any atom is -0.354 e. The second kappa shape index (κ2) is 13.4. The molecule has 2 rings (SSSR count). The van der Waals surface area contributed by atoms with Crippen molar-refractivity contribution in [1.29, 1.82) is 0 Å². The van der Waals surface area contributed by atoms with Gasteiger partial charge in [0, 0.05) is 27.2 Å². The van der Waals surface area contributed by atoms with Crippen LogP contribution in [0.15, 0.2) is 54.6 Å². The van der Waals surface area contributed by atoms with Gasteiger partial charge in [0.25, 0.3) is 0 Å². The number of carbonyl (C=O) groups is 2. The van der Waals surface area contributed by atoms with Crippen molar-refractivity contribution in [1.82, 2.24) is 14.5 Å². The van der Waals surface area contributed by atoms with Gasteiger partial charge in [0.05, 0.1) is 5.69 Å². The summed E-state index contributed by atoms with van der Waals surface area (Å²) < 4.78 is 42.6. The second-order valence-electron chi connectivity index (χ2n) is 9.13. The molecule has 1 N–H and O–H groups in total. The highest BCUT2D eigenvalue weighted by atomic mass is 32.2. The van der Waals surface area contributed by atoms with E-state index in [1.54, 1.807) is 6.92 Å². The molecule has 0 aromatic heterocycles. The fourth-order valence-electron chi connectivity index (χ4n) is 3.67. The molecule has 0 aliphatic heterocycles. The van der Waals surface area contributed by atoms with Gasteiger partial charge in [-0.1, -0.05) is 63.2 Å². The molecule has 0 saturated heterocycles. The standard InChI is InChI=1S/C26H37FN4O4S/c1-6-23(26(33)28-18-20(2)3)30(17-16-21-12-8-7-9-13-21)25(32)19-31(36(34,35)29(4)5)24-15-11-10-14-22(24)27/h7-15,20,23H,6,16-19H2,1-5H3,(H,28,33)/t23-/m1/s1. The lowest BCUT2D eigenvalue weighted by Crippen LogP contribution is -2.54. The zero-order valence-corrected chi connectivity index (χ0v) is 22.5. The first-order valence-electron chi connectivity index (χ1n) is 12.0. The van der Waals surface area contributed by atoms with Crippen LogP contribution in [0.25, 0.3) is 0 Å². The first-order valence-corrected chi connectivity index (χ1v) is 13.4. The van der Waals surface area contributed by atoms with Gasteiger partial charge < -0.3 is 10.2 Å². The van der Waals surface area contributed by atoms with Crippen molar-refractivity contribution in [2.75, 3.05) is 38.0 Å². The molecule has 0 aliphatic carbocycles. The van der Waals surface area contributed by atoms with Crippen LogP contribution in [0.4, 0.5) is 10.1 Å². The Morgan fingerprint density at radius 1 is 1.00 bits per heavy atom. The molecule has 2 aromatic rings. The Kier molecular flexibility index (Phi) is 10.9. The topological polar surface area (TPSA) is 90.0 Å². The van der Waals surface area contributed by atoms with E-state index in [0.717, 1.165) is 20.2 Å². The number of nitrogens with zero attached hydrogens (tertiary/aromatic N) is 3. The van der Waals surface area contributed by atoms with Crippen LogP contribution in [0.5, 0.6) is 0 Å². The molecular weight excluding hydrogens is 483 g/mol. The van der Waals surface area contributed by atoms with E-state index in [4.69, 9.17) is 0 Å². The van der Waals surface area contributed by atoms with Crippen molar-refractivity contribution in [3.8, 4) is 0 Å². The second-order valence-corrected chi connectivity index (χ2v) is 11.2. The summed E-state index contributed by atoms with van der Waals surface area (Å²) in [7, 11) is -1.58. The van der Waals surface area contributed by atoms with E-state index in [9.17, 15) is 22.4 Å². The molecule has 0 radical (unpaired) electrons. The first-order chi connectivity index (χ1) is 17.0. The number of hydrogen-bond donors (Lipinski definition) is 1. The monoisotopic (exact) mass is 520 g/mol. The van der Waals surface area contributed by atoms with E-state index in [1.807, 2.05) is 44.2 Å². The van der Waals surface area contributed by atoms with Crippen LogP contribution in [-0.4, -0.2) is 69.2 Å². The number of carbonyl (C=O) groups excluding carboxylic acids is 2. The summed E-state index contributed by atoms with van der Waals surface area (Å²) >= 11 is 0. The van der Waals surface area contributed by atoms with Crippen molar-refractivity contribution in [2.45, 2.75) is 39.7 Å². The van der Waals surface area contributed by atoms with Crippen LogP contribution in [0, 0.1) is 11.7 Å². The highest BCUT2D eigenvalue weighted by Crippen LogP contribution is 2.23. The minimum absolute atomic E-state index is 0.198. The molecule has 0 bridgehead atoms.